The van der Waals surface area contributed by atoms with E-state index in [1.54, 1.807) is 0 Å². The molecule has 24 heavy (non-hydrogen) atoms. The summed E-state index contributed by atoms with van der Waals surface area (Å²) in [7, 11) is 0. The van der Waals surface area contributed by atoms with Crippen molar-refractivity contribution >= 4 is 17.9 Å². The van der Waals surface area contributed by atoms with Gasteiger partial charge in [-0.1, -0.05) is 44.2 Å². The van der Waals surface area contributed by atoms with Gasteiger partial charge in [0.25, 0.3) is 0 Å². The fourth-order valence-corrected chi connectivity index (χ4v) is 2.46. The molecule has 0 amide bonds. The lowest BCUT2D eigenvalue weighted by molar-refractivity contribution is -0.152. The summed E-state index contributed by atoms with van der Waals surface area (Å²) in [4.78, 5) is 26.2. The third-order valence-electron chi connectivity index (χ3n) is 3.58. The van der Waals surface area contributed by atoms with Gasteiger partial charge < -0.3 is 16.2 Å². The lowest BCUT2D eigenvalue weighted by Gasteiger charge is -2.28. The molecule has 1 atom stereocenters. The number of esters is 1. The molecule has 0 aliphatic carbocycles. The predicted molar refractivity (Wildman–Crippen MR) is 90.6 cm³/mol. The molecule has 0 aliphatic heterocycles. The molecule has 0 saturated carbocycles. The number of benzene rings is 1. The van der Waals surface area contributed by atoms with Gasteiger partial charge in [-0.15, -0.1) is 0 Å². The summed E-state index contributed by atoms with van der Waals surface area (Å²) < 4.78 is 5.39. The molecule has 0 saturated heterocycles. The normalized spacial score (nSPS) is 12.1. The molecule has 8 heteroatoms. The number of nitrogen functional groups attached to an aromatic ring is 2. The topological polar surface area (TPSA) is 120 Å². The Labute approximate surface area is 140 Å². The van der Waals surface area contributed by atoms with E-state index in [1.165, 1.54) is 0 Å². The molecule has 0 fully saturated rings. The van der Waals surface area contributed by atoms with Crippen LogP contribution in [0.5, 0.6) is 0 Å². The molecule has 0 unspecified atom stereocenters. The van der Waals surface area contributed by atoms with Gasteiger partial charge >= 0.3 is 5.97 Å². The Morgan fingerprint density at radius 1 is 1.08 bits per heavy atom. The van der Waals surface area contributed by atoms with E-state index in [4.69, 9.17) is 16.2 Å². The molecule has 128 valence electrons. The number of nitrogens with two attached hydrogens (primary N) is 2. The SMILES string of the molecule is CCN(CC)[C@H](C(=O)OCc1nc(N)nc(N)n1)c1ccccc1. The van der Waals surface area contributed by atoms with Gasteiger partial charge in [-0.05, 0) is 18.7 Å². The maximum Gasteiger partial charge on any atom is 0.328 e. The molecule has 4 N–H and O–H groups in total. The van der Waals surface area contributed by atoms with E-state index in [0.717, 1.165) is 18.7 Å². The second-order valence-electron chi connectivity index (χ2n) is 5.11. The van der Waals surface area contributed by atoms with E-state index in [2.05, 4.69) is 15.0 Å². The van der Waals surface area contributed by atoms with Crippen LogP contribution in [0.4, 0.5) is 11.9 Å². The third-order valence-corrected chi connectivity index (χ3v) is 3.58. The maximum atomic E-state index is 12.6. The van der Waals surface area contributed by atoms with Crippen LogP contribution in [0.2, 0.25) is 0 Å². The largest absolute Gasteiger partial charge is 0.456 e. The molecule has 1 heterocycles. The number of likely N-dealkylation sites (N-methyl/N-ethyl adjacent to an activating group) is 1. The number of hydrogen-bond donors (Lipinski definition) is 2. The van der Waals surface area contributed by atoms with Gasteiger partial charge in [0, 0.05) is 0 Å². The van der Waals surface area contributed by atoms with E-state index in [1.807, 2.05) is 49.1 Å². The van der Waals surface area contributed by atoms with Crippen molar-refractivity contribution < 1.29 is 9.53 Å². The highest BCUT2D eigenvalue weighted by molar-refractivity contribution is 5.77. The Hall–Kier alpha value is -2.74. The molecule has 2 aromatic rings. The zero-order valence-corrected chi connectivity index (χ0v) is 13.8. The minimum absolute atomic E-state index is 0.00287. The molecule has 0 spiro atoms. The summed E-state index contributed by atoms with van der Waals surface area (Å²) in [6, 6.07) is 9.02. The van der Waals surface area contributed by atoms with Crippen LogP contribution in [-0.2, 0) is 16.1 Å². The van der Waals surface area contributed by atoms with Crippen molar-refractivity contribution in [3.63, 3.8) is 0 Å². The van der Waals surface area contributed by atoms with Gasteiger partial charge in [-0.3, -0.25) is 4.90 Å². The number of ether oxygens (including phenoxy) is 1. The number of aromatic nitrogens is 3. The summed E-state index contributed by atoms with van der Waals surface area (Å²) >= 11 is 0. The Kier molecular flexibility index (Phi) is 6.02. The second kappa shape index (κ2) is 8.21. The van der Waals surface area contributed by atoms with Crippen LogP contribution in [0.25, 0.3) is 0 Å². The fourth-order valence-electron chi connectivity index (χ4n) is 2.46. The first kappa shape index (κ1) is 17.6. The van der Waals surface area contributed by atoms with E-state index < -0.39 is 6.04 Å². The first-order valence-corrected chi connectivity index (χ1v) is 7.76. The Morgan fingerprint density at radius 2 is 1.67 bits per heavy atom. The van der Waals surface area contributed by atoms with Crippen LogP contribution in [0.1, 0.15) is 31.3 Å². The van der Waals surface area contributed by atoms with Crippen LogP contribution in [0.3, 0.4) is 0 Å². The molecule has 0 radical (unpaired) electrons. The van der Waals surface area contributed by atoms with Crippen molar-refractivity contribution in [2.45, 2.75) is 26.5 Å². The van der Waals surface area contributed by atoms with Crippen molar-refractivity contribution in [1.82, 2.24) is 19.9 Å². The zero-order chi connectivity index (χ0) is 17.5. The lowest BCUT2D eigenvalue weighted by atomic mass is 10.1. The van der Waals surface area contributed by atoms with Crippen LogP contribution in [0, 0.1) is 0 Å². The molecular weight excluding hydrogens is 308 g/mol. The number of carbonyl (C=O) groups excluding carboxylic acids is 1. The molecule has 0 bridgehead atoms. The zero-order valence-electron chi connectivity index (χ0n) is 13.8. The lowest BCUT2D eigenvalue weighted by Crippen LogP contribution is -2.35. The van der Waals surface area contributed by atoms with Gasteiger partial charge in [0.1, 0.15) is 6.04 Å². The van der Waals surface area contributed by atoms with Crippen molar-refractivity contribution in [3.8, 4) is 0 Å². The molecule has 2 rings (SSSR count). The average Bonchev–Trinajstić information content (AvgIpc) is 2.57. The minimum Gasteiger partial charge on any atom is -0.456 e. The van der Waals surface area contributed by atoms with Crippen LogP contribution < -0.4 is 11.5 Å². The molecule has 1 aromatic carbocycles. The summed E-state index contributed by atoms with van der Waals surface area (Å²) in [6.45, 7) is 5.33. The van der Waals surface area contributed by atoms with E-state index in [-0.39, 0.29) is 30.3 Å². The van der Waals surface area contributed by atoms with E-state index >= 15 is 0 Å². The highest BCUT2D eigenvalue weighted by atomic mass is 16.5. The standard InChI is InChI=1S/C16H22N6O2/c1-3-22(4-2)13(11-8-6-5-7-9-11)14(23)24-10-12-19-15(17)21-16(18)20-12/h5-9,13H,3-4,10H2,1-2H3,(H4,17,18,19,20,21)/t13-/m0/s1. The smallest absolute Gasteiger partial charge is 0.328 e. The molecule has 1 aromatic heterocycles. The Bertz CT molecular complexity index is 655. The highest BCUT2D eigenvalue weighted by Gasteiger charge is 2.27. The molecule has 8 nitrogen and oxygen atoms in total. The number of anilines is 2. The van der Waals surface area contributed by atoms with Crippen LogP contribution in [0.15, 0.2) is 30.3 Å². The maximum absolute atomic E-state index is 12.6. The van der Waals surface area contributed by atoms with Crippen molar-refractivity contribution in [2.75, 3.05) is 24.6 Å². The van der Waals surface area contributed by atoms with Crippen LogP contribution in [-0.4, -0.2) is 38.9 Å². The van der Waals surface area contributed by atoms with Gasteiger partial charge in [0.2, 0.25) is 11.9 Å². The quantitative estimate of drug-likeness (QED) is 0.726. The summed E-state index contributed by atoms with van der Waals surface area (Å²) in [5.41, 5.74) is 11.9. The van der Waals surface area contributed by atoms with E-state index in [0.29, 0.717) is 0 Å². The van der Waals surface area contributed by atoms with E-state index in [9.17, 15) is 4.79 Å². The summed E-state index contributed by atoms with van der Waals surface area (Å²) in [6.07, 6.45) is 0. The van der Waals surface area contributed by atoms with Crippen molar-refractivity contribution in [2.24, 2.45) is 0 Å². The third kappa shape index (κ3) is 4.39. The van der Waals surface area contributed by atoms with Crippen molar-refractivity contribution in [3.05, 3.63) is 41.7 Å². The number of carbonyl (C=O) groups is 1. The Morgan fingerprint density at radius 3 is 2.21 bits per heavy atom. The highest BCUT2D eigenvalue weighted by Crippen LogP contribution is 2.22. The summed E-state index contributed by atoms with van der Waals surface area (Å²) in [5.74, 6) is -0.157. The Balaban J connectivity index is 2.15. The number of rotatable bonds is 7. The predicted octanol–water partition coefficient (Wildman–Crippen LogP) is 1.16. The fraction of sp³-hybridized carbons (Fsp3) is 0.375. The monoisotopic (exact) mass is 330 g/mol. The van der Waals surface area contributed by atoms with Gasteiger partial charge in [0.05, 0.1) is 0 Å². The van der Waals surface area contributed by atoms with Crippen molar-refractivity contribution in [1.29, 1.82) is 0 Å². The second-order valence-corrected chi connectivity index (χ2v) is 5.11. The molecule has 0 aliphatic rings. The van der Waals surface area contributed by atoms with Gasteiger partial charge in [-0.25, -0.2) is 4.79 Å². The first-order valence-electron chi connectivity index (χ1n) is 7.76. The minimum atomic E-state index is -0.488. The van der Waals surface area contributed by atoms with Gasteiger partial charge in [0.15, 0.2) is 12.4 Å². The van der Waals surface area contributed by atoms with Crippen LogP contribution >= 0.6 is 0 Å². The molecular formula is C16H22N6O2. The number of nitrogens with zero attached hydrogens (tertiary/aromatic N) is 4. The summed E-state index contributed by atoms with van der Waals surface area (Å²) in [5, 5.41) is 0. The average molecular weight is 330 g/mol. The number of hydrogen-bond acceptors (Lipinski definition) is 8. The first-order chi connectivity index (χ1) is 11.5. The van der Waals surface area contributed by atoms with Gasteiger partial charge in [-0.2, -0.15) is 15.0 Å².